The van der Waals surface area contributed by atoms with E-state index in [0.29, 0.717) is 5.69 Å². The highest BCUT2D eigenvalue weighted by atomic mass is 19.4. The Labute approximate surface area is 96.0 Å². The van der Waals surface area contributed by atoms with Crippen LogP contribution in [0.2, 0.25) is 0 Å². The standard InChI is InChI=1S/C10H12F3N3O/c1-15-9(17)5-16-8-3-2-6(4-7(8)14)10(11,12)13/h2-4,16H,5,14H2,1H3,(H,15,17). The zero-order valence-electron chi connectivity index (χ0n) is 9.06. The molecule has 0 fully saturated rings. The number of carbonyl (C=O) groups excluding carboxylic acids is 1. The number of halogens is 3. The summed E-state index contributed by atoms with van der Waals surface area (Å²) in [5, 5.41) is 5.01. The average Bonchev–Trinajstić information content (AvgIpc) is 2.25. The lowest BCUT2D eigenvalue weighted by molar-refractivity contribution is -0.137. The first-order valence-corrected chi connectivity index (χ1v) is 4.75. The van der Waals surface area contributed by atoms with E-state index in [1.807, 2.05) is 0 Å². The Morgan fingerprint density at radius 3 is 2.53 bits per heavy atom. The highest BCUT2D eigenvalue weighted by Gasteiger charge is 2.30. The van der Waals surface area contributed by atoms with Gasteiger partial charge >= 0.3 is 6.18 Å². The molecule has 0 saturated heterocycles. The van der Waals surface area contributed by atoms with Gasteiger partial charge in [-0.2, -0.15) is 13.2 Å². The second-order valence-electron chi connectivity index (χ2n) is 3.33. The summed E-state index contributed by atoms with van der Waals surface area (Å²) in [5.74, 6) is -0.288. The van der Waals surface area contributed by atoms with Crippen LogP contribution in [-0.2, 0) is 11.0 Å². The number of alkyl halides is 3. The molecule has 1 aromatic carbocycles. The average molecular weight is 247 g/mol. The molecule has 0 saturated carbocycles. The van der Waals surface area contributed by atoms with Gasteiger partial charge in [-0.05, 0) is 18.2 Å². The van der Waals surface area contributed by atoms with Crippen molar-refractivity contribution in [3.63, 3.8) is 0 Å². The lowest BCUT2D eigenvalue weighted by Crippen LogP contribution is -2.26. The molecule has 17 heavy (non-hydrogen) atoms. The SMILES string of the molecule is CNC(=O)CNc1ccc(C(F)(F)F)cc1N. The van der Waals surface area contributed by atoms with Crippen molar-refractivity contribution in [2.75, 3.05) is 24.6 Å². The van der Waals surface area contributed by atoms with Crippen molar-refractivity contribution in [1.29, 1.82) is 0 Å². The first kappa shape index (κ1) is 13.1. The number of nitrogen functional groups attached to an aromatic ring is 1. The summed E-state index contributed by atoms with van der Waals surface area (Å²) in [4.78, 5) is 10.9. The van der Waals surface area contributed by atoms with Gasteiger partial charge in [0.1, 0.15) is 0 Å². The number of likely N-dealkylation sites (N-methyl/N-ethyl adjacent to an activating group) is 1. The second kappa shape index (κ2) is 4.94. The number of rotatable bonds is 3. The summed E-state index contributed by atoms with van der Waals surface area (Å²) in [6.45, 7) is -0.0495. The molecule has 0 aliphatic carbocycles. The van der Waals surface area contributed by atoms with Crippen LogP contribution in [-0.4, -0.2) is 19.5 Å². The van der Waals surface area contributed by atoms with E-state index in [0.717, 1.165) is 12.1 Å². The fourth-order valence-corrected chi connectivity index (χ4v) is 1.16. The third kappa shape index (κ3) is 3.54. The van der Waals surface area contributed by atoms with Gasteiger partial charge in [-0.15, -0.1) is 0 Å². The Balaban J connectivity index is 2.80. The van der Waals surface area contributed by atoms with Crippen LogP contribution in [0.5, 0.6) is 0 Å². The van der Waals surface area contributed by atoms with Crippen molar-refractivity contribution < 1.29 is 18.0 Å². The highest BCUT2D eigenvalue weighted by Crippen LogP contribution is 2.32. The minimum absolute atomic E-state index is 0.0495. The zero-order valence-corrected chi connectivity index (χ0v) is 9.06. The molecule has 0 spiro atoms. The number of hydrogen-bond donors (Lipinski definition) is 3. The predicted molar refractivity (Wildman–Crippen MR) is 58.4 cm³/mol. The van der Waals surface area contributed by atoms with Crippen molar-refractivity contribution in [1.82, 2.24) is 5.32 Å². The van der Waals surface area contributed by atoms with E-state index >= 15 is 0 Å². The second-order valence-corrected chi connectivity index (χ2v) is 3.33. The Morgan fingerprint density at radius 2 is 2.06 bits per heavy atom. The number of hydrogen-bond acceptors (Lipinski definition) is 3. The molecule has 4 N–H and O–H groups in total. The van der Waals surface area contributed by atoms with E-state index in [1.54, 1.807) is 0 Å². The summed E-state index contributed by atoms with van der Waals surface area (Å²) in [6.07, 6.45) is -4.42. The van der Waals surface area contributed by atoms with Crippen LogP contribution in [0.25, 0.3) is 0 Å². The molecule has 1 rings (SSSR count). The van der Waals surface area contributed by atoms with Gasteiger partial charge in [-0.1, -0.05) is 0 Å². The molecule has 0 aliphatic rings. The number of nitrogens with one attached hydrogen (secondary N) is 2. The normalized spacial score (nSPS) is 11.1. The molecule has 94 valence electrons. The maximum Gasteiger partial charge on any atom is 0.416 e. The van der Waals surface area contributed by atoms with Crippen LogP contribution < -0.4 is 16.4 Å². The van der Waals surface area contributed by atoms with E-state index in [2.05, 4.69) is 10.6 Å². The smallest absolute Gasteiger partial charge is 0.397 e. The molecule has 0 heterocycles. The predicted octanol–water partition coefficient (Wildman–Crippen LogP) is 1.45. The molecule has 0 aliphatic heterocycles. The molecule has 0 aromatic heterocycles. The molecule has 4 nitrogen and oxygen atoms in total. The van der Waals surface area contributed by atoms with Gasteiger partial charge in [0.15, 0.2) is 0 Å². The Hall–Kier alpha value is -1.92. The maximum atomic E-state index is 12.3. The van der Waals surface area contributed by atoms with Gasteiger partial charge in [0.2, 0.25) is 5.91 Å². The largest absolute Gasteiger partial charge is 0.416 e. The molecule has 0 atom stereocenters. The minimum Gasteiger partial charge on any atom is -0.397 e. The third-order valence-corrected chi connectivity index (χ3v) is 2.10. The lowest BCUT2D eigenvalue weighted by Gasteiger charge is -2.12. The molecule has 1 amide bonds. The fraction of sp³-hybridized carbons (Fsp3) is 0.300. The summed E-state index contributed by atoms with van der Waals surface area (Å²) in [5.41, 5.74) is 4.87. The van der Waals surface area contributed by atoms with Crippen LogP contribution in [0, 0.1) is 0 Å². The van der Waals surface area contributed by atoms with Crippen molar-refractivity contribution in [2.45, 2.75) is 6.18 Å². The van der Waals surface area contributed by atoms with Crippen LogP contribution in [0.15, 0.2) is 18.2 Å². The zero-order chi connectivity index (χ0) is 13.1. The van der Waals surface area contributed by atoms with Gasteiger partial charge in [0.05, 0.1) is 23.5 Å². The molecule has 0 unspecified atom stereocenters. The summed E-state index contributed by atoms with van der Waals surface area (Å²) in [6, 6.07) is 2.93. The van der Waals surface area contributed by atoms with E-state index in [-0.39, 0.29) is 18.1 Å². The number of amides is 1. The van der Waals surface area contributed by atoms with Crippen molar-refractivity contribution in [3.05, 3.63) is 23.8 Å². The van der Waals surface area contributed by atoms with Crippen molar-refractivity contribution in [2.24, 2.45) is 0 Å². The monoisotopic (exact) mass is 247 g/mol. The molecular formula is C10H12F3N3O. The molecular weight excluding hydrogens is 235 g/mol. The van der Waals surface area contributed by atoms with E-state index < -0.39 is 11.7 Å². The lowest BCUT2D eigenvalue weighted by atomic mass is 10.1. The Kier molecular flexibility index (Phi) is 3.82. The summed E-state index contributed by atoms with van der Waals surface area (Å²) in [7, 11) is 1.46. The quantitative estimate of drug-likeness (QED) is 0.708. The summed E-state index contributed by atoms with van der Waals surface area (Å²) < 4.78 is 37.0. The molecule has 1 aromatic rings. The maximum absolute atomic E-state index is 12.3. The summed E-state index contributed by atoms with van der Waals surface area (Å²) >= 11 is 0. The first-order chi connectivity index (χ1) is 7.84. The topological polar surface area (TPSA) is 67.2 Å². The number of benzene rings is 1. The van der Waals surface area contributed by atoms with Gasteiger partial charge < -0.3 is 16.4 Å². The van der Waals surface area contributed by atoms with Crippen LogP contribution in [0.3, 0.4) is 0 Å². The van der Waals surface area contributed by atoms with Gasteiger partial charge in [-0.25, -0.2) is 0 Å². The third-order valence-electron chi connectivity index (χ3n) is 2.10. The van der Waals surface area contributed by atoms with Crippen LogP contribution in [0.1, 0.15) is 5.56 Å². The van der Waals surface area contributed by atoms with E-state index in [1.165, 1.54) is 13.1 Å². The fourth-order valence-electron chi connectivity index (χ4n) is 1.16. The Bertz CT molecular complexity index is 418. The van der Waals surface area contributed by atoms with Gasteiger partial charge in [-0.3, -0.25) is 4.79 Å². The number of nitrogens with two attached hydrogens (primary N) is 1. The molecule has 0 radical (unpaired) electrons. The number of anilines is 2. The van der Waals surface area contributed by atoms with Crippen LogP contribution >= 0.6 is 0 Å². The highest BCUT2D eigenvalue weighted by molar-refractivity contribution is 5.82. The van der Waals surface area contributed by atoms with Crippen molar-refractivity contribution >= 4 is 17.3 Å². The van der Waals surface area contributed by atoms with Gasteiger partial charge in [0, 0.05) is 7.05 Å². The Morgan fingerprint density at radius 1 is 1.41 bits per heavy atom. The minimum atomic E-state index is -4.42. The van der Waals surface area contributed by atoms with Gasteiger partial charge in [0.25, 0.3) is 0 Å². The van der Waals surface area contributed by atoms with Crippen molar-refractivity contribution in [3.8, 4) is 0 Å². The van der Waals surface area contributed by atoms with Crippen LogP contribution in [0.4, 0.5) is 24.5 Å². The van der Waals surface area contributed by atoms with E-state index in [4.69, 9.17) is 5.73 Å². The van der Waals surface area contributed by atoms with E-state index in [9.17, 15) is 18.0 Å². The molecule has 7 heteroatoms. The number of carbonyl (C=O) groups is 1. The molecule has 0 bridgehead atoms. The first-order valence-electron chi connectivity index (χ1n) is 4.75.